The summed E-state index contributed by atoms with van der Waals surface area (Å²) in [5.74, 6) is -2.33. The Morgan fingerprint density at radius 1 is 1.03 bits per heavy atom. The summed E-state index contributed by atoms with van der Waals surface area (Å²) in [6, 6.07) is 11.6. The number of hydrogen-bond acceptors (Lipinski definition) is 4. The van der Waals surface area contributed by atoms with E-state index in [0.717, 1.165) is 86.5 Å². The van der Waals surface area contributed by atoms with Crippen LogP contribution in [0.5, 0.6) is 5.75 Å². The number of rotatable bonds is 8. The van der Waals surface area contributed by atoms with E-state index in [4.69, 9.17) is 21.4 Å². The predicted molar refractivity (Wildman–Crippen MR) is 145 cm³/mol. The minimum Gasteiger partial charge on any atom is -0.478 e. The van der Waals surface area contributed by atoms with Crippen LogP contribution in [0.2, 0.25) is 5.02 Å². The molecule has 2 fully saturated rings. The highest BCUT2D eigenvalue weighted by Crippen LogP contribution is 2.44. The molecule has 1 aromatic heterocycles. The Morgan fingerprint density at radius 2 is 1.74 bits per heavy atom. The Morgan fingerprint density at radius 3 is 2.41 bits per heavy atom. The smallest absolute Gasteiger partial charge is 0.348 e. The lowest BCUT2D eigenvalue weighted by Gasteiger charge is -2.31. The highest BCUT2D eigenvalue weighted by molar-refractivity contribution is 6.30. The van der Waals surface area contributed by atoms with Gasteiger partial charge in [-0.15, -0.1) is 0 Å². The SMILES string of the molecule is O=C(c1ccc(OC2(C(=O)O)CC2)cc1F)C(c1c2c(nn1-c1ccc(Cl)cc1)CCCC2)C1CCCCC1. The number of carbonyl (C=O) groups is 2. The largest absolute Gasteiger partial charge is 0.478 e. The Kier molecular flexibility index (Phi) is 6.96. The lowest BCUT2D eigenvalue weighted by Crippen LogP contribution is -2.29. The van der Waals surface area contributed by atoms with Crippen LogP contribution in [0.4, 0.5) is 4.39 Å². The van der Waals surface area contributed by atoms with Crippen LogP contribution in [0.25, 0.3) is 5.69 Å². The molecule has 1 heterocycles. The van der Waals surface area contributed by atoms with Gasteiger partial charge in [-0.25, -0.2) is 13.9 Å². The van der Waals surface area contributed by atoms with Crippen molar-refractivity contribution in [2.24, 2.45) is 5.92 Å². The topological polar surface area (TPSA) is 81.4 Å². The maximum Gasteiger partial charge on any atom is 0.348 e. The van der Waals surface area contributed by atoms with Gasteiger partial charge in [0, 0.05) is 23.9 Å². The van der Waals surface area contributed by atoms with E-state index in [1.807, 2.05) is 28.9 Å². The number of fused-ring (bicyclic) bond motifs is 1. The molecule has 1 N–H and O–H groups in total. The van der Waals surface area contributed by atoms with Gasteiger partial charge in [-0.1, -0.05) is 30.9 Å². The fraction of sp³-hybridized carbons (Fsp3) is 0.452. The second-order valence-corrected chi connectivity index (χ2v) is 11.6. The molecule has 0 radical (unpaired) electrons. The molecule has 0 spiro atoms. The molecule has 6 nitrogen and oxygen atoms in total. The van der Waals surface area contributed by atoms with E-state index in [-0.39, 0.29) is 23.0 Å². The summed E-state index contributed by atoms with van der Waals surface area (Å²) in [5.41, 5.74) is 2.58. The summed E-state index contributed by atoms with van der Waals surface area (Å²) >= 11 is 6.18. The van der Waals surface area contributed by atoms with Crippen LogP contribution in [0.3, 0.4) is 0 Å². The second-order valence-electron chi connectivity index (χ2n) is 11.2. The zero-order valence-corrected chi connectivity index (χ0v) is 22.6. The van der Waals surface area contributed by atoms with Crippen molar-refractivity contribution in [1.82, 2.24) is 9.78 Å². The Hall–Kier alpha value is -3.19. The first-order valence-corrected chi connectivity index (χ1v) is 14.4. The summed E-state index contributed by atoms with van der Waals surface area (Å²) in [4.78, 5) is 25.9. The van der Waals surface area contributed by atoms with E-state index >= 15 is 4.39 Å². The lowest BCUT2D eigenvalue weighted by atomic mass is 9.73. The number of nitrogens with zero attached hydrogens (tertiary/aromatic N) is 2. The molecule has 1 unspecified atom stereocenters. The molecule has 2 aromatic carbocycles. The molecule has 6 rings (SSSR count). The third kappa shape index (κ3) is 4.97. The maximum atomic E-state index is 15.6. The molecule has 2 saturated carbocycles. The van der Waals surface area contributed by atoms with Gasteiger partial charge in [0.25, 0.3) is 0 Å². The minimum absolute atomic E-state index is 0.00603. The number of carbonyl (C=O) groups excluding carboxylic acids is 1. The number of aliphatic carboxylic acids is 1. The van der Waals surface area contributed by atoms with Crippen molar-refractivity contribution < 1.29 is 23.8 Å². The average molecular weight is 551 g/mol. The van der Waals surface area contributed by atoms with Gasteiger partial charge in [0.2, 0.25) is 5.60 Å². The molecule has 39 heavy (non-hydrogen) atoms. The van der Waals surface area contributed by atoms with Crippen molar-refractivity contribution in [2.75, 3.05) is 0 Å². The Labute approximate surface area is 232 Å². The zero-order valence-electron chi connectivity index (χ0n) is 21.8. The summed E-state index contributed by atoms with van der Waals surface area (Å²) in [5, 5.41) is 15.1. The number of ether oxygens (including phenoxy) is 1. The molecule has 3 aliphatic carbocycles. The van der Waals surface area contributed by atoms with E-state index < -0.39 is 23.3 Å². The van der Waals surface area contributed by atoms with Crippen LogP contribution < -0.4 is 4.74 Å². The van der Waals surface area contributed by atoms with Gasteiger partial charge in [0.05, 0.1) is 28.6 Å². The molecule has 1 atom stereocenters. The molecule has 0 bridgehead atoms. The van der Waals surface area contributed by atoms with Gasteiger partial charge in [-0.3, -0.25) is 4.79 Å². The van der Waals surface area contributed by atoms with Crippen LogP contribution in [0.15, 0.2) is 42.5 Å². The van der Waals surface area contributed by atoms with Crippen LogP contribution in [-0.2, 0) is 17.6 Å². The number of hydrogen-bond donors (Lipinski definition) is 1. The average Bonchev–Trinajstić information content (AvgIpc) is 3.63. The van der Waals surface area contributed by atoms with Crippen molar-refractivity contribution in [1.29, 1.82) is 0 Å². The van der Waals surface area contributed by atoms with E-state index in [1.54, 1.807) is 0 Å². The molecule has 3 aromatic rings. The molecular weight excluding hydrogens is 519 g/mol. The van der Waals surface area contributed by atoms with Crippen LogP contribution in [0.1, 0.15) is 91.0 Å². The van der Waals surface area contributed by atoms with Crippen LogP contribution >= 0.6 is 11.6 Å². The standard InChI is InChI=1S/C31H32ClFN2O4/c32-20-10-12-21(13-11-20)35-28(24-8-4-5-9-26(24)34-35)27(19-6-2-1-3-7-19)29(36)23-15-14-22(18-25(23)33)39-31(16-17-31)30(37)38/h10-15,18-19,27H,1-9,16-17H2,(H,37,38). The number of aryl methyl sites for hydroxylation is 1. The number of carboxylic acids is 1. The van der Waals surface area contributed by atoms with Crippen molar-refractivity contribution in [3.05, 3.63) is 75.8 Å². The number of aromatic nitrogens is 2. The lowest BCUT2D eigenvalue weighted by molar-refractivity contribution is -0.147. The first kappa shape index (κ1) is 26.1. The van der Waals surface area contributed by atoms with Crippen molar-refractivity contribution >= 4 is 23.4 Å². The Bertz CT molecular complexity index is 1410. The molecule has 8 heteroatoms. The fourth-order valence-corrected chi connectivity index (χ4v) is 6.46. The van der Waals surface area contributed by atoms with E-state index in [2.05, 4.69) is 0 Å². The second kappa shape index (κ2) is 10.4. The summed E-state index contributed by atoms with van der Waals surface area (Å²) < 4.78 is 23.1. The first-order valence-electron chi connectivity index (χ1n) is 14.0. The highest BCUT2D eigenvalue weighted by atomic mass is 35.5. The number of carboxylic acid groups (broad SMARTS) is 1. The molecule has 0 amide bonds. The minimum atomic E-state index is -1.28. The quantitative estimate of drug-likeness (QED) is 0.303. The number of benzene rings is 2. The van der Waals surface area contributed by atoms with E-state index in [9.17, 15) is 14.7 Å². The van der Waals surface area contributed by atoms with Gasteiger partial charge in [-0.2, -0.15) is 5.10 Å². The molecule has 0 saturated heterocycles. The Balaban J connectivity index is 1.43. The van der Waals surface area contributed by atoms with Crippen LogP contribution in [-0.4, -0.2) is 32.2 Å². The molecule has 3 aliphatic rings. The number of ketones is 1. The third-order valence-electron chi connectivity index (χ3n) is 8.58. The molecular formula is C31H32ClFN2O4. The highest BCUT2D eigenvalue weighted by Gasteiger charge is 2.53. The third-order valence-corrected chi connectivity index (χ3v) is 8.83. The van der Waals surface area contributed by atoms with Crippen molar-refractivity contribution in [3.63, 3.8) is 0 Å². The number of halogens is 2. The first-order chi connectivity index (χ1) is 18.9. The van der Waals surface area contributed by atoms with Gasteiger partial charge in [0.15, 0.2) is 5.78 Å². The summed E-state index contributed by atoms with van der Waals surface area (Å²) in [6.45, 7) is 0. The van der Waals surface area contributed by atoms with Gasteiger partial charge >= 0.3 is 5.97 Å². The monoisotopic (exact) mass is 550 g/mol. The van der Waals surface area contributed by atoms with Crippen LogP contribution in [0, 0.1) is 11.7 Å². The summed E-state index contributed by atoms with van der Waals surface area (Å²) in [7, 11) is 0. The van der Waals surface area contributed by atoms with Gasteiger partial charge < -0.3 is 9.84 Å². The van der Waals surface area contributed by atoms with Gasteiger partial charge in [0.1, 0.15) is 11.6 Å². The normalized spacial score (nSPS) is 19.2. The molecule has 0 aliphatic heterocycles. The predicted octanol–water partition coefficient (Wildman–Crippen LogP) is 7.09. The van der Waals surface area contributed by atoms with E-state index in [1.165, 1.54) is 12.1 Å². The zero-order chi connectivity index (χ0) is 27.1. The van der Waals surface area contributed by atoms with Gasteiger partial charge in [-0.05, 0) is 86.4 Å². The van der Waals surface area contributed by atoms with E-state index in [0.29, 0.717) is 17.9 Å². The fourth-order valence-electron chi connectivity index (χ4n) is 6.33. The maximum absolute atomic E-state index is 15.6. The number of Topliss-reactive ketones (excluding diaryl/α,β-unsaturated/α-hetero) is 1. The summed E-state index contributed by atoms with van der Waals surface area (Å²) in [6.07, 6.45) is 9.59. The van der Waals surface area contributed by atoms with Crippen molar-refractivity contribution in [3.8, 4) is 11.4 Å². The van der Waals surface area contributed by atoms with Crippen molar-refractivity contribution in [2.45, 2.75) is 82.1 Å². The molecule has 204 valence electrons.